The molecule has 1 aromatic heterocycles. The van der Waals surface area contributed by atoms with Crippen LogP contribution in [0.3, 0.4) is 0 Å². The Balaban J connectivity index is 1.49. The molecule has 128 valence electrons. The topological polar surface area (TPSA) is 84.2 Å². The van der Waals surface area contributed by atoms with E-state index < -0.39 is 0 Å². The van der Waals surface area contributed by atoms with Gasteiger partial charge < -0.3 is 14.8 Å². The lowest BCUT2D eigenvalue weighted by molar-refractivity contribution is -0.118. The van der Waals surface area contributed by atoms with Gasteiger partial charge >= 0.3 is 0 Å². The molecule has 0 saturated carbocycles. The fourth-order valence-electron chi connectivity index (χ4n) is 2.11. The molecule has 3 rings (SSSR count). The van der Waals surface area contributed by atoms with Gasteiger partial charge in [-0.1, -0.05) is 6.07 Å². The van der Waals surface area contributed by atoms with Crippen LogP contribution in [0.5, 0.6) is 17.4 Å². The summed E-state index contributed by atoms with van der Waals surface area (Å²) in [5.41, 5.74) is 1.14. The number of hydrogen-bond acceptors (Lipinski definition) is 5. The van der Waals surface area contributed by atoms with E-state index in [4.69, 9.17) is 14.7 Å². The van der Waals surface area contributed by atoms with Crippen molar-refractivity contribution in [3.63, 3.8) is 0 Å². The van der Waals surface area contributed by atoms with E-state index >= 15 is 0 Å². The van der Waals surface area contributed by atoms with Crippen molar-refractivity contribution in [1.29, 1.82) is 5.26 Å². The summed E-state index contributed by atoms with van der Waals surface area (Å²) in [6.45, 7) is -0.125. The first-order valence-electron chi connectivity index (χ1n) is 7.85. The van der Waals surface area contributed by atoms with Crippen molar-refractivity contribution in [3.05, 3.63) is 78.5 Å². The van der Waals surface area contributed by atoms with Crippen molar-refractivity contribution < 1.29 is 14.3 Å². The highest BCUT2D eigenvalue weighted by molar-refractivity contribution is 5.91. The smallest absolute Gasteiger partial charge is 0.262 e. The molecule has 0 aliphatic heterocycles. The number of ether oxygens (including phenoxy) is 2. The Morgan fingerprint density at radius 2 is 1.73 bits per heavy atom. The van der Waals surface area contributed by atoms with E-state index in [1.54, 1.807) is 60.8 Å². The molecule has 1 heterocycles. The molecule has 0 spiro atoms. The Kier molecular flexibility index (Phi) is 5.43. The van der Waals surface area contributed by atoms with Crippen molar-refractivity contribution in [2.24, 2.45) is 0 Å². The normalized spacial score (nSPS) is 9.81. The first-order valence-corrected chi connectivity index (χ1v) is 7.85. The average Bonchev–Trinajstić information content (AvgIpc) is 2.69. The number of hydrogen-bond donors (Lipinski definition) is 1. The maximum Gasteiger partial charge on any atom is 0.262 e. The molecule has 1 N–H and O–H groups in total. The van der Waals surface area contributed by atoms with E-state index in [2.05, 4.69) is 10.3 Å². The standard InChI is InChI=1S/C20H15N3O3/c21-13-15-4-6-16(7-5-15)23-19(24)14-25-17-8-10-18(11-9-17)26-20-3-1-2-12-22-20/h1-12H,14H2,(H,23,24). The summed E-state index contributed by atoms with van der Waals surface area (Å²) in [4.78, 5) is 16.0. The maximum absolute atomic E-state index is 11.9. The SMILES string of the molecule is N#Cc1ccc(NC(=O)COc2ccc(Oc3ccccn3)cc2)cc1. The minimum atomic E-state index is -0.288. The van der Waals surface area contributed by atoms with Crippen molar-refractivity contribution in [3.8, 4) is 23.4 Å². The fourth-order valence-corrected chi connectivity index (χ4v) is 2.11. The number of anilines is 1. The summed E-state index contributed by atoms with van der Waals surface area (Å²) in [6, 6.07) is 20.9. The number of benzene rings is 2. The molecular formula is C20H15N3O3. The Morgan fingerprint density at radius 3 is 2.38 bits per heavy atom. The third kappa shape index (κ3) is 4.82. The van der Waals surface area contributed by atoms with Crippen LogP contribution >= 0.6 is 0 Å². The third-order valence-corrected chi connectivity index (χ3v) is 3.35. The highest BCUT2D eigenvalue weighted by atomic mass is 16.5. The van der Waals surface area contributed by atoms with E-state index in [9.17, 15) is 4.79 Å². The second-order valence-electron chi connectivity index (χ2n) is 5.27. The van der Waals surface area contributed by atoms with Crippen LogP contribution in [0.15, 0.2) is 72.9 Å². The molecule has 0 radical (unpaired) electrons. The second kappa shape index (κ2) is 8.31. The van der Waals surface area contributed by atoms with E-state index in [0.29, 0.717) is 28.6 Å². The van der Waals surface area contributed by atoms with Crippen LogP contribution in [0.25, 0.3) is 0 Å². The van der Waals surface area contributed by atoms with Gasteiger partial charge in [-0.25, -0.2) is 4.98 Å². The zero-order valence-electron chi connectivity index (χ0n) is 13.8. The van der Waals surface area contributed by atoms with Crippen LogP contribution in [0.1, 0.15) is 5.56 Å². The summed E-state index contributed by atoms with van der Waals surface area (Å²) in [7, 11) is 0. The number of carbonyl (C=O) groups excluding carboxylic acids is 1. The Labute approximate surface area is 150 Å². The van der Waals surface area contributed by atoms with Crippen LogP contribution in [0.2, 0.25) is 0 Å². The van der Waals surface area contributed by atoms with Gasteiger partial charge in [0, 0.05) is 18.0 Å². The van der Waals surface area contributed by atoms with Crippen LogP contribution in [0.4, 0.5) is 5.69 Å². The van der Waals surface area contributed by atoms with Gasteiger partial charge in [0.25, 0.3) is 5.91 Å². The molecule has 1 amide bonds. The first-order chi connectivity index (χ1) is 12.7. The van der Waals surface area contributed by atoms with Gasteiger partial charge in [-0.3, -0.25) is 4.79 Å². The lowest BCUT2D eigenvalue weighted by Crippen LogP contribution is -2.20. The van der Waals surface area contributed by atoms with Crippen molar-refractivity contribution in [1.82, 2.24) is 4.98 Å². The van der Waals surface area contributed by atoms with E-state index in [-0.39, 0.29) is 12.5 Å². The summed E-state index contributed by atoms with van der Waals surface area (Å²) >= 11 is 0. The molecule has 0 atom stereocenters. The van der Waals surface area contributed by atoms with Crippen LogP contribution in [0, 0.1) is 11.3 Å². The lowest BCUT2D eigenvalue weighted by Gasteiger charge is -2.09. The molecule has 0 fully saturated rings. The minimum Gasteiger partial charge on any atom is -0.484 e. The number of rotatable bonds is 6. The highest BCUT2D eigenvalue weighted by Crippen LogP contribution is 2.22. The number of carbonyl (C=O) groups is 1. The zero-order valence-corrected chi connectivity index (χ0v) is 13.8. The number of aromatic nitrogens is 1. The molecule has 0 aliphatic carbocycles. The third-order valence-electron chi connectivity index (χ3n) is 3.35. The Morgan fingerprint density at radius 1 is 1.00 bits per heavy atom. The van der Waals surface area contributed by atoms with Crippen molar-refractivity contribution in [2.45, 2.75) is 0 Å². The predicted octanol–water partition coefficient (Wildman–Crippen LogP) is 3.76. The second-order valence-corrected chi connectivity index (χ2v) is 5.27. The van der Waals surface area contributed by atoms with Crippen LogP contribution < -0.4 is 14.8 Å². The molecule has 0 unspecified atom stereocenters. The van der Waals surface area contributed by atoms with Gasteiger partial charge in [0.15, 0.2) is 6.61 Å². The highest BCUT2D eigenvalue weighted by Gasteiger charge is 2.05. The van der Waals surface area contributed by atoms with Gasteiger partial charge in [0.1, 0.15) is 11.5 Å². The van der Waals surface area contributed by atoms with Crippen molar-refractivity contribution in [2.75, 3.05) is 11.9 Å². The molecule has 0 saturated heterocycles. The van der Waals surface area contributed by atoms with Gasteiger partial charge in [-0.2, -0.15) is 5.26 Å². The number of pyridine rings is 1. The van der Waals surface area contributed by atoms with E-state index in [0.717, 1.165) is 0 Å². The number of nitriles is 1. The number of nitrogens with one attached hydrogen (secondary N) is 1. The quantitative estimate of drug-likeness (QED) is 0.735. The summed E-state index contributed by atoms with van der Waals surface area (Å²) in [5, 5.41) is 11.5. The Bertz CT molecular complexity index is 902. The zero-order chi connectivity index (χ0) is 18.2. The number of amides is 1. The summed E-state index contributed by atoms with van der Waals surface area (Å²) in [6.07, 6.45) is 1.65. The van der Waals surface area contributed by atoms with Gasteiger partial charge in [-0.05, 0) is 54.6 Å². The lowest BCUT2D eigenvalue weighted by atomic mass is 10.2. The number of nitrogens with zero attached hydrogens (tertiary/aromatic N) is 2. The molecular weight excluding hydrogens is 330 g/mol. The Hall–Kier alpha value is -3.85. The predicted molar refractivity (Wildman–Crippen MR) is 96.0 cm³/mol. The van der Waals surface area contributed by atoms with E-state index in [1.807, 2.05) is 18.2 Å². The first kappa shape index (κ1) is 17.0. The largest absolute Gasteiger partial charge is 0.484 e. The molecule has 3 aromatic rings. The molecule has 6 nitrogen and oxygen atoms in total. The molecule has 6 heteroatoms. The fraction of sp³-hybridized carbons (Fsp3) is 0.0500. The van der Waals surface area contributed by atoms with E-state index in [1.165, 1.54) is 0 Å². The van der Waals surface area contributed by atoms with Crippen LogP contribution in [-0.4, -0.2) is 17.5 Å². The van der Waals surface area contributed by atoms with Gasteiger partial charge in [0.2, 0.25) is 5.88 Å². The maximum atomic E-state index is 11.9. The minimum absolute atomic E-state index is 0.125. The molecule has 2 aromatic carbocycles. The molecule has 0 bridgehead atoms. The van der Waals surface area contributed by atoms with Gasteiger partial charge in [0.05, 0.1) is 11.6 Å². The summed E-state index contributed by atoms with van der Waals surface area (Å²) < 4.78 is 11.0. The average molecular weight is 345 g/mol. The van der Waals surface area contributed by atoms with Gasteiger partial charge in [-0.15, -0.1) is 0 Å². The molecule has 26 heavy (non-hydrogen) atoms. The summed E-state index contributed by atoms with van der Waals surface area (Å²) in [5.74, 6) is 1.39. The van der Waals surface area contributed by atoms with Crippen LogP contribution in [-0.2, 0) is 4.79 Å². The molecule has 0 aliphatic rings. The van der Waals surface area contributed by atoms with Crippen molar-refractivity contribution >= 4 is 11.6 Å². The monoisotopic (exact) mass is 345 g/mol.